The highest BCUT2D eigenvalue weighted by molar-refractivity contribution is 5.65. The van der Waals surface area contributed by atoms with E-state index in [9.17, 15) is 0 Å². The van der Waals surface area contributed by atoms with Crippen LogP contribution < -0.4 is 15.2 Å². The zero-order valence-corrected chi connectivity index (χ0v) is 11.6. The van der Waals surface area contributed by atoms with Crippen molar-refractivity contribution in [2.75, 3.05) is 27.9 Å². The predicted molar refractivity (Wildman–Crippen MR) is 71.6 cm³/mol. The van der Waals surface area contributed by atoms with Crippen LogP contribution in [0.3, 0.4) is 0 Å². The smallest absolute Gasteiger partial charge is 0.261 e. The standard InChI is InChI=1S/C13H17N3O4/c1-17-7-10(14)12-15-13(20-16-12)9-6-8(18-2)4-5-11(9)19-3/h4-6,10H,7,14H2,1-3H3. The van der Waals surface area contributed by atoms with Crippen molar-refractivity contribution in [2.24, 2.45) is 5.73 Å². The molecule has 2 rings (SSSR count). The minimum atomic E-state index is -0.436. The molecule has 0 saturated carbocycles. The summed E-state index contributed by atoms with van der Waals surface area (Å²) >= 11 is 0. The van der Waals surface area contributed by atoms with Gasteiger partial charge in [-0.25, -0.2) is 0 Å². The SMILES string of the molecule is COCC(N)c1noc(-c2cc(OC)ccc2OC)n1. The molecule has 0 bridgehead atoms. The molecule has 0 aliphatic rings. The molecule has 2 aromatic rings. The molecule has 0 spiro atoms. The van der Waals surface area contributed by atoms with Gasteiger partial charge in [-0.1, -0.05) is 5.16 Å². The van der Waals surface area contributed by atoms with Crippen molar-refractivity contribution >= 4 is 0 Å². The number of benzene rings is 1. The van der Waals surface area contributed by atoms with Gasteiger partial charge in [-0.15, -0.1) is 0 Å². The van der Waals surface area contributed by atoms with Crippen molar-refractivity contribution in [2.45, 2.75) is 6.04 Å². The number of nitrogens with zero attached hydrogens (tertiary/aromatic N) is 2. The van der Waals surface area contributed by atoms with Gasteiger partial charge in [0.2, 0.25) is 0 Å². The largest absolute Gasteiger partial charge is 0.497 e. The predicted octanol–water partition coefficient (Wildman–Crippen LogP) is 1.40. The van der Waals surface area contributed by atoms with E-state index in [1.165, 1.54) is 0 Å². The van der Waals surface area contributed by atoms with Crippen molar-refractivity contribution in [3.05, 3.63) is 24.0 Å². The van der Waals surface area contributed by atoms with Crippen LogP contribution in [-0.4, -0.2) is 38.1 Å². The van der Waals surface area contributed by atoms with Crippen LogP contribution in [0.25, 0.3) is 11.5 Å². The van der Waals surface area contributed by atoms with E-state index in [1.807, 2.05) is 0 Å². The van der Waals surface area contributed by atoms with Crippen LogP contribution in [0.4, 0.5) is 0 Å². The topological polar surface area (TPSA) is 92.6 Å². The van der Waals surface area contributed by atoms with E-state index in [0.717, 1.165) is 0 Å². The van der Waals surface area contributed by atoms with E-state index < -0.39 is 6.04 Å². The maximum absolute atomic E-state index is 5.86. The second kappa shape index (κ2) is 6.36. The molecule has 0 amide bonds. The molecule has 1 aromatic carbocycles. The number of rotatable bonds is 6. The number of methoxy groups -OCH3 is 3. The fourth-order valence-electron chi connectivity index (χ4n) is 1.73. The first-order valence-electron chi connectivity index (χ1n) is 6.00. The molecule has 0 saturated heterocycles. The summed E-state index contributed by atoms with van der Waals surface area (Å²) in [6, 6.07) is 4.88. The zero-order chi connectivity index (χ0) is 14.5. The highest BCUT2D eigenvalue weighted by atomic mass is 16.5. The Morgan fingerprint density at radius 3 is 2.70 bits per heavy atom. The van der Waals surface area contributed by atoms with Crippen molar-refractivity contribution < 1.29 is 18.7 Å². The fraction of sp³-hybridized carbons (Fsp3) is 0.385. The molecule has 1 heterocycles. The van der Waals surface area contributed by atoms with Crippen molar-refractivity contribution in [3.8, 4) is 23.0 Å². The molecular formula is C13H17N3O4. The highest BCUT2D eigenvalue weighted by Crippen LogP contribution is 2.32. The van der Waals surface area contributed by atoms with E-state index >= 15 is 0 Å². The normalized spacial score (nSPS) is 12.2. The monoisotopic (exact) mass is 279 g/mol. The van der Waals surface area contributed by atoms with E-state index in [0.29, 0.717) is 35.4 Å². The summed E-state index contributed by atoms with van der Waals surface area (Å²) in [6.07, 6.45) is 0. The molecule has 0 aliphatic carbocycles. The number of ether oxygens (including phenoxy) is 3. The Labute approximate surface area is 116 Å². The van der Waals surface area contributed by atoms with Gasteiger partial charge in [0.15, 0.2) is 5.82 Å². The first-order valence-corrected chi connectivity index (χ1v) is 6.00. The third kappa shape index (κ3) is 2.89. The summed E-state index contributed by atoms with van der Waals surface area (Å²) in [7, 11) is 4.71. The summed E-state index contributed by atoms with van der Waals surface area (Å²) < 4.78 is 20.6. The minimum Gasteiger partial charge on any atom is -0.497 e. The van der Waals surface area contributed by atoms with E-state index in [4.69, 9.17) is 24.5 Å². The third-order valence-corrected chi connectivity index (χ3v) is 2.76. The quantitative estimate of drug-likeness (QED) is 0.854. The number of hydrogen-bond acceptors (Lipinski definition) is 7. The second-order valence-corrected chi connectivity index (χ2v) is 4.09. The Morgan fingerprint density at radius 2 is 2.05 bits per heavy atom. The maximum atomic E-state index is 5.86. The van der Waals surface area contributed by atoms with Gasteiger partial charge in [-0.2, -0.15) is 4.98 Å². The summed E-state index contributed by atoms with van der Waals surface area (Å²) in [5.41, 5.74) is 6.51. The molecule has 0 radical (unpaired) electrons. The van der Waals surface area contributed by atoms with Gasteiger partial charge in [0.1, 0.15) is 11.5 Å². The molecule has 7 nitrogen and oxygen atoms in total. The summed E-state index contributed by atoms with van der Waals surface area (Å²) in [6.45, 7) is 0.314. The van der Waals surface area contributed by atoms with Gasteiger partial charge < -0.3 is 24.5 Å². The van der Waals surface area contributed by atoms with Crippen molar-refractivity contribution in [1.29, 1.82) is 0 Å². The Morgan fingerprint density at radius 1 is 1.25 bits per heavy atom. The molecule has 2 N–H and O–H groups in total. The lowest BCUT2D eigenvalue weighted by Crippen LogP contribution is -2.17. The zero-order valence-electron chi connectivity index (χ0n) is 11.6. The van der Waals surface area contributed by atoms with Crippen LogP contribution in [0.15, 0.2) is 22.7 Å². The number of nitrogens with two attached hydrogens (primary N) is 1. The lowest BCUT2D eigenvalue weighted by atomic mass is 10.2. The fourth-order valence-corrected chi connectivity index (χ4v) is 1.73. The second-order valence-electron chi connectivity index (χ2n) is 4.09. The van der Waals surface area contributed by atoms with Crippen molar-refractivity contribution in [3.63, 3.8) is 0 Å². The first-order chi connectivity index (χ1) is 9.69. The first kappa shape index (κ1) is 14.3. The Kier molecular flexibility index (Phi) is 4.54. The van der Waals surface area contributed by atoms with Crippen LogP contribution in [0.5, 0.6) is 11.5 Å². The van der Waals surface area contributed by atoms with E-state index in [-0.39, 0.29) is 0 Å². The average molecular weight is 279 g/mol. The van der Waals surface area contributed by atoms with Crippen molar-refractivity contribution in [1.82, 2.24) is 10.1 Å². The number of aromatic nitrogens is 2. The van der Waals surface area contributed by atoms with Gasteiger partial charge in [0.25, 0.3) is 5.89 Å². The van der Waals surface area contributed by atoms with Gasteiger partial charge in [0, 0.05) is 7.11 Å². The molecule has 20 heavy (non-hydrogen) atoms. The molecule has 1 aromatic heterocycles. The molecule has 1 atom stereocenters. The Balaban J connectivity index is 2.35. The Bertz CT molecular complexity index is 570. The average Bonchev–Trinajstić information content (AvgIpc) is 2.96. The lowest BCUT2D eigenvalue weighted by Gasteiger charge is -2.07. The van der Waals surface area contributed by atoms with Crippen LogP contribution in [0.1, 0.15) is 11.9 Å². The molecule has 108 valence electrons. The molecular weight excluding hydrogens is 262 g/mol. The minimum absolute atomic E-state index is 0.314. The van der Waals surface area contributed by atoms with Crippen LogP contribution in [-0.2, 0) is 4.74 Å². The van der Waals surface area contributed by atoms with Crippen LogP contribution >= 0.6 is 0 Å². The third-order valence-electron chi connectivity index (χ3n) is 2.76. The van der Waals surface area contributed by atoms with Crippen LogP contribution in [0.2, 0.25) is 0 Å². The molecule has 0 aliphatic heterocycles. The molecule has 1 unspecified atom stereocenters. The Hall–Kier alpha value is -2.12. The lowest BCUT2D eigenvalue weighted by molar-refractivity contribution is 0.177. The molecule has 0 fully saturated rings. The highest BCUT2D eigenvalue weighted by Gasteiger charge is 2.18. The maximum Gasteiger partial charge on any atom is 0.261 e. The van der Waals surface area contributed by atoms with Crippen LogP contribution in [0, 0.1) is 0 Å². The van der Waals surface area contributed by atoms with Gasteiger partial charge in [0.05, 0.1) is 32.4 Å². The summed E-state index contributed by atoms with van der Waals surface area (Å²) in [4.78, 5) is 4.26. The van der Waals surface area contributed by atoms with Gasteiger partial charge in [-0.3, -0.25) is 0 Å². The van der Waals surface area contributed by atoms with E-state index in [2.05, 4.69) is 10.1 Å². The summed E-state index contributed by atoms with van der Waals surface area (Å²) in [5.74, 6) is 1.98. The molecule has 7 heteroatoms. The number of hydrogen-bond donors (Lipinski definition) is 1. The van der Waals surface area contributed by atoms with E-state index in [1.54, 1.807) is 39.5 Å². The van der Waals surface area contributed by atoms with Gasteiger partial charge >= 0.3 is 0 Å². The van der Waals surface area contributed by atoms with Gasteiger partial charge in [-0.05, 0) is 18.2 Å². The summed E-state index contributed by atoms with van der Waals surface area (Å²) in [5, 5.41) is 3.85.